The van der Waals surface area contributed by atoms with Gasteiger partial charge in [0.25, 0.3) is 11.6 Å². The Bertz CT molecular complexity index is 758. The molecule has 0 bridgehead atoms. The van der Waals surface area contributed by atoms with E-state index in [2.05, 4.69) is 15.6 Å². The first kappa shape index (κ1) is 17.3. The largest absolute Gasteiger partial charge is 0.484 e. The molecule has 8 nitrogen and oxygen atoms in total. The van der Waals surface area contributed by atoms with E-state index in [-0.39, 0.29) is 24.0 Å². The van der Waals surface area contributed by atoms with E-state index in [0.29, 0.717) is 11.0 Å². The number of non-ortho nitro benzene ring substituents is 1. The molecular formula is C16H18N4O4S. The van der Waals surface area contributed by atoms with Gasteiger partial charge < -0.3 is 10.1 Å². The lowest BCUT2D eigenvalue weighted by molar-refractivity contribution is -0.384. The van der Waals surface area contributed by atoms with Gasteiger partial charge in [0.05, 0.1) is 11.0 Å². The third kappa shape index (κ3) is 4.74. The molecule has 3 rings (SSSR count). The zero-order chi connectivity index (χ0) is 17.6. The Balaban J connectivity index is 1.52. The second-order valence-electron chi connectivity index (χ2n) is 5.68. The molecular weight excluding hydrogens is 344 g/mol. The lowest BCUT2D eigenvalue weighted by atomic mass is 9.97. The SMILES string of the molecule is O=C(COc1cccc([N+](=O)[O-])c1)Nc1ncc(C2CCNCC2)s1. The Morgan fingerprint density at radius 3 is 3.00 bits per heavy atom. The summed E-state index contributed by atoms with van der Waals surface area (Å²) in [5.74, 6) is 0.419. The molecule has 0 aliphatic carbocycles. The van der Waals surface area contributed by atoms with Gasteiger partial charge in [-0.25, -0.2) is 4.98 Å². The molecule has 2 N–H and O–H groups in total. The van der Waals surface area contributed by atoms with Crippen LogP contribution < -0.4 is 15.4 Å². The summed E-state index contributed by atoms with van der Waals surface area (Å²) in [6.45, 7) is 1.77. The van der Waals surface area contributed by atoms with Gasteiger partial charge in [0.15, 0.2) is 11.7 Å². The van der Waals surface area contributed by atoms with Gasteiger partial charge in [0, 0.05) is 17.1 Å². The second-order valence-corrected chi connectivity index (χ2v) is 6.75. The Morgan fingerprint density at radius 2 is 2.24 bits per heavy atom. The minimum Gasteiger partial charge on any atom is -0.484 e. The van der Waals surface area contributed by atoms with Crippen LogP contribution in [0.4, 0.5) is 10.8 Å². The fourth-order valence-electron chi connectivity index (χ4n) is 2.63. The van der Waals surface area contributed by atoms with Crippen molar-refractivity contribution in [3.63, 3.8) is 0 Å². The van der Waals surface area contributed by atoms with Crippen molar-refractivity contribution in [1.29, 1.82) is 0 Å². The van der Waals surface area contributed by atoms with Gasteiger partial charge >= 0.3 is 0 Å². The third-order valence-corrected chi connectivity index (χ3v) is 4.99. The van der Waals surface area contributed by atoms with Crippen LogP contribution in [0.1, 0.15) is 23.6 Å². The number of nitro groups is 1. The van der Waals surface area contributed by atoms with Gasteiger partial charge in [-0.05, 0) is 37.9 Å². The summed E-state index contributed by atoms with van der Waals surface area (Å²) < 4.78 is 5.31. The average Bonchev–Trinajstić information content (AvgIpc) is 3.09. The number of nitrogens with zero attached hydrogens (tertiary/aromatic N) is 2. The van der Waals surface area contributed by atoms with Crippen LogP contribution >= 0.6 is 11.3 Å². The van der Waals surface area contributed by atoms with Crippen molar-refractivity contribution in [2.45, 2.75) is 18.8 Å². The van der Waals surface area contributed by atoms with Crippen LogP contribution in [0, 0.1) is 10.1 Å². The number of carbonyl (C=O) groups is 1. The molecule has 1 amide bonds. The van der Waals surface area contributed by atoms with E-state index in [1.807, 2.05) is 6.20 Å². The van der Waals surface area contributed by atoms with Gasteiger partial charge in [-0.3, -0.25) is 20.2 Å². The van der Waals surface area contributed by atoms with Crippen molar-refractivity contribution in [3.05, 3.63) is 45.5 Å². The van der Waals surface area contributed by atoms with Crippen LogP contribution in [-0.2, 0) is 4.79 Å². The number of piperidine rings is 1. The first-order valence-electron chi connectivity index (χ1n) is 7.95. The normalized spacial score (nSPS) is 14.9. The van der Waals surface area contributed by atoms with E-state index in [9.17, 15) is 14.9 Å². The molecule has 0 radical (unpaired) electrons. The highest BCUT2D eigenvalue weighted by molar-refractivity contribution is 7.15. The number of carbonyl (C=O) groups excluding carboxylic acids is 1. The summed E-state index contributed by atoms with van der Waals surface area (Å²) in [5, 5.41) is 17.3. The van der Waals surface area contributed by atoms with Crippen molar-refractivity contribution in [2.75, 3.05) is 25.0 Å². The highest BCUT2D eigenvalue weighted by atomic mass is 32.1. The van der Waals surface area contributed by atoms with Crippen molar-refractivity contribution < 1.29 is 14.5 Å². The smallest absolute Gasteiger partial charge is 0.273 e. The maximum atomic E-state index is 12.0. The van der Waals surface area contributed by atoms with Crippen LogP contribution in [0.5, 0.6) is 5.75 Å². The average molecular weight is 362 g/mol. The predicted octanol–water partition coefficient (Wildman–Crippen LogP) is 2.54. The molecule has 0 saturated carbocycles. The number of benzene rings is 1. The molecule has 132 valence electrons. The summed E-state index contributed by atoms with van der Waals surface area (Å²) in [4.78, 5) is 27.6. The number of hydrogen-bond acceptors (Lipinski definition) is 7. The first-order chi connectivity index (χ1) is 12.1. The van der Waals surface area contributed by atoms with Crippen molar-refractivity contribution >= 4 is 28.1 Å². The van der Waals surface area contributed by atoms with Gasteiger partial charge in [-0.15, -0.1) is 11.3 Å². The molecule has 0 spiro atoms. The zero-order valence-electron chi connectivity index (χ0n) is 13.4. The van der Waals surface area contributed by atoms with Gasteiger partial charge in [0.1, 0.15) is 5.75 Å². The number of hydrogen-bond donors (Lipinski definition) is 2. The molecule has 25 heavy (non-hydrogen) atoms. The van der Waals surface area contributed by atoms with Crippen LogP contribution in [0.25, 0.3) is 0 Å². The monoisotopic (exact) mass is 362 g/mol. The topological polar surface area (TPSA) is 106 Å². The molecule has 1 aliphatic heterocycles. The fourth-order valence-corrected chi connectivity index (χ4v) is 3.63. The number of amides is 1. The summed E-state index contributed by atoms with van der Waals surface area (Å²) in [7, 11) is 0. The molecule has 1 saturated heterocycles. The van der Waals surface area contributed by atoms with Crippen molar-refractivity contribution in [2.24, 2.45) is 0 Å². The van der Waals surface area contributed by atoms with E-state index in [1.54, 1.807) is 6.07 Å². The van der Waals surface area contributed by atoms with E-state index in [0.717, 1.165) is 25.9 Å². The summed E-state index contributed by atoms with van der Waals surface area (Å²) in [6, 6.07) is 5.73. The maximum absolute atomic E-state index is 12.0. The van der Waals surface area contributed by atoms with Crippen LogP contribution in [0.3, 0.4) is 0 Å². The molecule has 9 heteroatoms. The first-order valence-corrected chi connectivity index (χ1v) is 8.77. The van der Waals surface area contributed by atoms with Crippen molar-refractivity contribution in [3.8, 4) is 5.75 Å². The molecule has 1 fully saturated rings. The highest BCUT2D eigenvalue weighted by Gasteiger charge is 2.18. The van der Waals surface area contributed by atoms with Gasteiger partial charge in [-0.1, -0.05) is 6.07 Å². The summed E-state index contributed by atoms with van der Waals surface area (Å²) in [5.41, 5.74) is -0.0792. The Labute approximate surface area is 148 Å². The number of thiazole rings is 1. The van der Waals surface area contributed by atoms with Crippen LogP contribution in [-0.4, -0.2) is 35.5 Å². The maximum Gasteiger partial charge on any atom is 0.273 e. The molecule has 1 aliphatic rings. The molecule has 1 aromatic heterocycles. The summed E-state index contributed by atoms with van der Waals surface area (Å²) in [6.07, 6.45) is 3.97. The number of ether oxygens (including phenoxy) is 1. The number of rotatable bonds is 6. The molecule has 2 heterocycles. The van der Waals surface area contributed by atoms with Crippen LogP contribution in [0.15, 0.2) is 30.5 Å². The number of nitrogens with one attached hydrogen (secondary N) is 2. The second kappa shape index (κ2) is 8.04. The van der Waals surface area contributed by atoms with Crippen LogP contribution in [0.2, 0.25) is 0 Å². The molecule has 2 aromatic rings. The minimum atomic E-state index is -0.509. The lowest BCUT2D eigenvalue weighted by Crippen LogP contribution is -2.26. The lowest BCUT2D eigenvalue weighted by Gasteiger charge is -2.20. The molecule has 0 unspecified atom stereocenters. The minimum absolute atomic E-state index is 0.0792. The van der Waals surface area contributed by atoms with Crippen molar-refractivity contribution in [1.82, 2.24) is 10.3 Å². The predicted molar refractivity (Wildman–Crippen MR) is 94.2 cm³/mol. The quantitative estimate of drug-likeness (QED) is 0.604. The van der Waals surface area contributed by atoms with E-state index in [4.69, 9.17) is 4.74 Å². The Kier molecular flexibility index (Phi) is 5.56. The zero-order valence-corrected chi connectivity index (χ0v) is 14.3. The van der Waals surface area contributed by atoms with Gasteiger partial charge in [-0.2, -0.15) is 0 Å². The summed E-state index contributed by atoms with van der Waals surface area (Å²) >= 11 is 1.48. The number of aromatic nitrogens is 1. The Hall–Kier alpha value is -2.52. The Morgan fingerprint density at radius 1 is 1.44 bits per heavy atom. The highest BCUT2D eigenvalue weighted by Crippen LogP contribution is 2.31. The van der Waals surface area contributed by atoms with E-state index >= 15 is 0 Å². The fraction of sp³-hybridized carbons (Fsp3) is 0.375. The standard InChI is InChI=1S/C16H18N4O4S/c21-15(10-24-13-3-1-2-12(8-13)20(22)23)19-16-18-9-14(25-16)11-4-6-17-7-5-11/h1-3,8-9,11,17H,4-7,10H2,(H,18,19,21). The molecule has 1 aromatic carbocycles. The number of anilines is 1. The third-order valence-electron chi connectivity index (χ3n) is 3.91. The number of nitro benzene ring substituents is 1. The van der Waals surface area contributed by atoms with Gasteiger partial charge in [0.2, 0.25) is 0 Å². The molecule has 0 atom stereocenters. The van der Waals surface area contributed by atoms with E-state index < -0.39 is 4.92 Å². The van der Waals surface area contributed by atoms with E-state index in [1.165, 1.54) is 34.4 Å².